The first-order valence-corrected chi connectivity index (χ1v) is 12.0. The van der Waals surface area contributed by atoms with Gasteiger partial charge in [-0.05, 0) is 50.6 Å². The third-order valence-electron chi connectivity index (χ3n) is 5.67. The summed E-state index contributed by atoms with van der Waals surface area (Å²) in [5.74, 6) is 0.789. The molecule has 9 heteroatoms. The maximum absolute atomic E-state index is 5.89. The van der Waals surface area contributed by atoms with Gasteiger partial charge < -0.3 is 14.8 Å². The van der Waals surface area contributed by atoms with Gasteiger partial charge in [-0.3, -0.25) is 4.90 Å². The summed E-state index contributed by atoms with van der Waals surface area (Å²) >= 11 is 1.53. The van der Waals surface area contributed by atoms with E-state index in [9.17, 15) is 0 Å². The van der Waals surface area contributed by atoms with Gasteiger partial charge in [0.05, 0.1) is 23.8 Å². The molecule has 2 fully saturated rings. The molecular weight excluding hydrogens is 424 g/mol. The topological polar surface area (TPSA) is 85.3 Å². The molecule has 5 rings (SSSR count). The molecule has 168 valence electrons. The monoisotopic (exact) mass is 452 g/mol. The molecule has 3 aromatic heterocycles. The lowest BCUT2D eigenvalue weighted by atomic mass is 10.1. The Labute approximate surface area is 192 Å². The molecule has 0 radical (unpaired) electrons. The number of piperidine rings is 1. The van der Waals surface area contributed by atoms with Gasteiger partial charge in [0.1, 0.15) is 11.9 Å². The second-order valence-corrected chi connectivity index (χ2v) is 9.35. The van der Waals surface area contributed by atoms with Crippen LogP contribution >= 0.6 is 11.3 Å². The molecule has 3 aromatic rings. The number of rotatable bonds is 7. The molecule has 0 amide bonds. The molecule has 8 nitrogen and oxygen atoms in total. The first-order chi connectivity index (χ1) is 15.7. The molecule has 1 N–H and O–H groups in total. The lowest BCUT2D eigenvalue weighted by Gasteiger charge is -2.26. The van der Waals surface area contributed by atoms with Crippen LogP contribution in [0.4, 0.5) is 10.9 Å². The predicted molar refractivity (Wildman–Crippen MR) is 124 cm³/mol. The Kier molecular flexibility index (Phi) is 6.56. The highest BCUT2D eigenvalue weighted by molar-refractivity contribution is 7.18. The van der Waals surface area contributed by atoms with Gasteiger partial charge >= 0.3 is 6.01 Å². The minimum atomic E-state index is 0.0206. The minimum Gasteiger partial charge on any atom is -0.458 e. The van der Waals surface area contributed by atoms with Gasteiger partial charge in [-0.25, -0.2) is 15.0 Å². The summed E-state index contributed by atoms with van der Waals surface area (Å²) in [4.78, 5) is 21.5. The Morgan fingerprint density at radius 3 is 2.84 bits per heavy atom. The van der Waals surface area contributed by atoms with E-state index in [2.05, 4.69) is 36.2 Å². The van der Waals surface area contributed by atoms with Crippen LogP contribution < -0.4 is 10.1 Å². The van der Waals surface area contributed by atoms with Gasteiger partial charge in [-0.1, -0.05) is 23.8 Å². The van der Waals surface area contributed by atoms with Crippen LogP contribution in [0.25, 0.3) is 10.6 Å². The van der Waals surface area contributed by atoms with E-state index in [0.29, 0.717) is 12.6 Å². The van der Waals surface area contributed by atoms with Crippen molar-refractivity contribution in [1.82, 2.24) is 24.8 Å². The number of thiazole rings is 1. The smallest absolute Gasteiger partial charge is 0.317 e. The quantitative estimate of drug-likeness (QED) is 0.571. The molecule has 1 atom stereocenters. The van der Waals surface area contributed by atoms with E-state index >= 15 is 0 Å². The molecule has 0 spiro atoms. The van der Waals surface area contributed by atoms with Crippen molar-refractivity contribution in [2.24, 2.45) is 0 Å². The second kappa shape index (κ2) is 9.89. The summed E-state index contributed by atoms with van der Waals surface area (Å²) in [5.41, 5.74) is 2.91. The fourth-order valence-corrected chi connectivity index (χ4v) is 4.79. The van der Waals surface area contributed by atoms with Crippen molar-refractivity contribution in [2.75, 3.05) is 31.6 Å². The second-order valence-electron chi connectivity index (χ2n) is 8.32. The molecular formula is C23H28N6O2S. The van der Waals surface area contributed by atoms with Crippen LogP contribution in [0.2, 0.25) is 0 Å². The number of nitrogens with zero attached hydrogens (tertiary/aromatic N) is 5. The molecule has 0 aliphatic carbocycles. The standard InChI is InChI=1S/C23H28N6O2S/c1-16-11-19(27-22(26-16)31-18-7-10-30-15-18)20-13-25-23(32-20)28-21-6-5-17(12-24-21)14-29-8-3-2-4-9-29/h5-6,11-13,18H,2-4,7-10,14-15H2,1H3,(H,24,25,28)/t18-/m1/s1. The van der Waals surface area contributed by atoms with Gasteiger partial charge in [0.2, 0.25) is 0 Å². The van der Waals surface area contributed by atoms with Gasteiger partial charge in [0.15, 0.2) is 5.13 Å². The van der Waals surface area contributed by atoms with E-state index < -0.39 is 0 Å². The summed E-state index contributed by atoms with van der Waals surface area (Å²) in [6.45, 7) is 6.60. The van der Waals surface area contributed by atoms with Crippen molar-refractivity contribution in [3.05, 3.63) is 41.9 Å². The fourth-order valence-electron chi connectivity index (χ4n) is 4.00. The summed E-state index contributed by atoms with van der Waals surface area (Å²) in [5, 5.41) is 4.08. The summed E-state index contributed by atoms with van der Waals surface area (Å²) in [6.07, 6.45) is 8.61. The van der Waals surface area contributed by atoms with E-state index in [1.807, 2.05) is 31.5 Å². The Balaban J connectivity index is 1.23. The van der Waals surface area contributed by atoms with E-state index in [1.54, 1.807) is 0 Å². The average molecular weight is 453 g/mol. The highest BCUT2D eigenvalue weighted by Gasteiger charge is 2.19. The van der Waals surface area contributed by atoms with Crippen molar-refractivity contribution in [3.63, 3.8) is 0 Å². The molecule has 0 bridgehead atoms. The average Bonchev–Trinajstić information content (AvgIpc) is 3.48. The molecule has 0 aromatic carbocycles. The van der Waals surface area contributed by atoms with Crippen molar-refractivity contribution in [1.29, 1.82) is 0 Å². The lowest BCUT2D eigenvalue weighted by molar-refractivity contribution is 0.134. The molecule has 2 saturated heterocycles. The molecule has 2 aliphatic rings. The first kappa shape index (κ1) is 21.2. The van der Waals surface area contributed by atoms with Crippen LogP contribution in [0.3, 0.4) is 0 Å². The predicted octanol–water partition coefficient (Wildman–Crippen LogP) is 4.20. The van der Waals surface area contributed by atoms with E-state index in [1.165, 1.54) is 49.3 Å². The number of likely N-dealkylation sites (tertiary alicyclic amines) is 1. The third kappa shape index (κ3) is 5.40. The lowest BCUT2D eigenvalue weighted by Crippen LogP contribution is -2.29. The Hall–Kier alpha value is -2.62. The fraction of sp³-hybridized carbons (Fsp3) is 0.478. The largest absolute Gasteiger partial charge is 0.458 e. The number of pyridine rings is 1. The maximum Gasteiger partial charge on any atom is 0.317 e. The SMILES string of the molecule is Cc1cc(-c2cnc(Nc3ccc(CN4CCCCC4)cn3)s2)nc(O[C@@H]2CCOC2)n1. The molecule has 5 heterocycles. The van der Waals surface area contributed by atoms with Crippen LogP contribution in [0.15, 0.2) is 30.6 Å². The zero-order valence-electron chi connectivity index (χ0n) is 18.3. The van der Waals surface area contributed by atoms with Gasteiger partial charge in [0, 0.05) is 31.1 Å². The van der Waals surface area contributed by atoms with Crippen LogP contribution in [-0.4, -0.2) is 57.2 Å². The van der Waals surface area contributed by atoms with E-state index in [-0.39, 0.29) is 6.10 Å². The summed E-state index contributed by atoms with van der Waals surface area (Å²) in [7, 11) is 0. The van der Waals surface area contributed by atoms with Crippen molar-refractivity contribution < 1.29 is 9.47 Å². The number of hydrogen-bond donors (Lipinski definition) is 1. The molecule has 0 saturated carbocycles. The minimum absolute atomic E-state index is 0.0206. The Morgan fingerprint density at radius 1 is 1.16 bits per heavy atom. The molecule has 2 aliphatic heterocycles. The number of aryl methyl sites for hydroxylation is 1. The highest BCUT2D eigenvalue weighted by atomic mass is 32.1. The normalized spacial score (nSPS) is 19.2. The number of ether oxygens (including phenoxy) is 2. The van der Waals surface area contributed by atoms with Crippen LogP contribution in [-0.2, 0) is 11.3 Å². The van der Waals surface area contributed by atoms with Crippen LogP contribution in [0.1, 0.15) is 36.9 Å². The number of hydrogen-bond acceptors (Lipinski definition) is 9. The summed E-state index contributed by atoms with van der Waals surface area (Å²) < 4.78 is 11.3. The Bertz CT molecular complexity index is 1030. The van der Waals surface area contributed by atoms with Gasteiger partial charge in [0.25, 0.3) is 0 Å². The number of aromatic nitrogens is 4. The van der Waals surface area contributed by atoms with Gasteiger partial charge in [-0.2, -0.15) is 4.98 Å². The number of nitrogens with one attached hydrogen (secondary N) is 1. The zero-order valence-corrected chi connectivity index (χ0v) is 19.1. The zero-order chi connectivity index (χ0) is 21.8. The van der Waals surface area contributed by atoms with Crippen molar-refractivity contribution in [2.45, 2.75) is 45.3 Å². The van der Waals surface area contributed by atoms with Crippen LogP contribution in [0.5, 0.6) is 6.01 Å². The van der Waals surface area contributed by atoms with E-state index in [0.717, 1.165) is 46.8 Å². The van der Waals surface area contributed by atoms with Crippen LogP contribution in [0, 0.1) is 6.92 Å². The van der Waals surface area contributed by atoms with Crippen molar-refractivity contribution >= 4 is 22.3 Å². The van der Waals surface area contributed by atoms with Crippen molar-refractivity contribution in [3.8, 4) is 16.6 Å². The first-order valence-electron chi connectivity index (χ1n) is 11.2. The molecule has 0 unspecified atom stereocenters. The maximum atomic E-state index is 5.89. The Morgan fingerprint density at radius 2 is 2.06 bits per heavy atom. The molecule has 32 heavy (non-hydrogen) atoms. The van der Waals surface area contributed by atoms with Gasteiger partial charge in [-0.15, -0.1) is 0 Å². The van der Waals surface area contributed by atoms with E-state index in [4.69, 9.17) is 9.47 Å². The number of anilines is 2. The summed E-state index contributed by atoms with van der Waals surface area (Å²) in [6, 6.07) is 6.50. The third-order valence-corrected chi connectivity index (χ3v) is 6.60. The highest BCUT2D eigenvalue weighted by Crippen LogP contribution is 2.30.